The molecule has 32 heavy (non-hydrogen) atoms. The number of methoxy groups -OCH3 is 2. The Morgan fingerprint density at radius 2 is 1.69 bits per heavy atom. The highest BCUT2D eigenvalue weighted by Gasteiger charge is 2.19. The van der Waals surface area contributed by atoms with Crippen molar-refractivity contribution >= 4 is 23.5 Å². The standard InChI is InChI=1S/C23H22O5.C3H7N/c1-6-15(3)21-14-18(28-17-10-8-9-16(13-17)26-4)11-12-20(21)22(24)19(7-2)23(25)27-5;1-3-4-2/h2,6,8-14,24H,1,3-5H3;3H,1-2H3/b15-6-,22-19-;. The first kappa shape index (κ1) is 26.1. The summed E-state index contributed by atoms with van der Waals surface area (Å²) in [6.07, 6.45) is 9.02. The predicted molar refractivity (Wildman–Crippen MR) is 129 cm³/mol. The largest absolute Gasteiger partial charge is 0.506 e. The maximum atomic E-state index is 11.8. The quantitative estimate of drug-likeness (QED) is 0.207. The van der Waals surface area contributed by atoms with Gasteiger partial charge in [0.1, 0.15) is 23.0 Å². The molecule has 2 rings (SSSR count). The lowest BCUT2D eigenvalue weighted by atomic mass is 9.97. The highest BCUT2D eigenvalue weighted by Crippen LogP contribution is 2.32. The maximum absolute atomic E-state index is 11.8. The molecule has 2 aromatic rings. The first-order chi connectivity index (χ1) is 15.4. The second kappa shape index (κ2) is 13.3. The van der Waals surface area contributed by atoms with Crippen LogP contribution in [-0.2, 0) is 9.53 Å². The molecule has 0 heterocycles. The predicted octanol–water partition coefficient (Wildman–Crippen LogP) is 5.69. The van der Waals surface area contributed by atoms with E-state index in [4.69, 9.17) is 15.9 Å². The van der Waals surface area contributed by atoms with Crippen molar-refractivity contribution in [2.75, 3.05) is 21.3 Å². The molecule has 0 saturated carbocycles. The minimum atomic E-state index is -0.777. The van der Waals surface area contributed by atoms with Crippen LogP contribution in [0.15, 0.2) is 59.1 Å². The molecule has 0 atom stereocenters. The van der Waals surface area contributed by atoms with Crippen LogP contribution in [0, 0.1) is 12.3 Å². The molecule has 0 aliphatic rings. The highest BCUT2D eigenvalue weighted by molar-refractivity contribution is 6.01. The zero-order valence-electron chi connectivity index (χ0n) is 19.3. The van der Waals surface area contributed by atoms with Gasteiger partial charge in [-0.05, 0) is 68.5 Å². The summed E-state index contributed by atoms with van der Waals surface area (Å²) in [6.45, 7) is 5.65. The van der Waals surface area contributed by atoms with Crippen molar-refractivity contribution in [2.45, 2.75) is 20.8 Å². The normalized spacial score (nSPS) is 11.6. The molecule has 0 radical (unpaired) electrons. The Morgan fingerprint density at radius 1 is 1.06 bits per heavy atom. The summed E-state index contributed by atoms with van der Waals surface area (Å²) in [4.78, 5) is 15.5. The molecule has 0 aromatic heterocycles. The maximum Gasteiger partial charge on any atom is 0.350 e. The molecular weight excluding hydrogens is 406 g/mol. The Bertz CT molecular complexity index is 1050. The third-order valence-electron chi connectivity index (χ3n) is 4.41. The number of carbonyl (C=O) groups is 1. The lowest BCUT2D eigenvalue weighted by Crippen LogP contribution is -2.07. The number of aliphatic hydroxyl groups is 1. The first-order valence-electron chi connectivity index (χ1n) is 9.81. The van der Waals surface area contributed by atoms with Gasteiger partial charge < -0.3 is 24.3 Å². The summed E-state index contributed by atoms with van der Waals surface area (Å²) in [5.74, 6) is 2.94. The third kappa shape index (κ3) is 7.06. The lowest BCUT2D eigenvalue weighted by molar-refractivity contribution is -0.135. The van der Waals surface area contributed by atoms with Gasteiger partial charge >= 0.3 is 5.97 Å². The summed E-state index contributed by atoms with van der Waals surface area (Å²) in [5.41, 5.74) is 1.72. The van der Waals surface area contributed by atoms with Gasteiger partial charge in [0, 0.05) is 18.7 Å². The van der Waals surface area contributed by atoms with Crippen LogP contribution in [0.4, 0.5) is 0 Å². The number of esters is 1. The van der Waals surface area contributed by atoms with Gasteiger partial charge in [0.15, 0.2) is 5.57 Å². The molecule has 6 nitrogen and oxygen atoms in total. The van der Waals surface area contributed by atoms with Gasteiger partial charge in [0.25, 0.3) is 0 Å². The molecule has 0 fully saturated rings. The summed E-state index contributed by atoms with van der Waals surface area (Å²) in [6, 6.07) is 12.3. The van der Waals surface area contributed by atoms with Crippen molar-refractivity contribution in [3.8, 4) is 29.6 Å². The second-order valence-corrected chi connectivity index (χ2v) is 6.34. The van der Waals surface area contributed by atoms with Crippen LogP contribution in [0.1, 0.15) is 31.9 Å². The third-order valence-corrected chi connectivity index (χ3v) is 4.41. The molecule has 0 spiro atoms. The van der Waals surface area contributed by atoms with E-state index in [1.807, 2.05) is 45.0 Å². The number of carbonyl (C=O) groups excluding carboxylic acids is 1. The SMILES string of the molecule is C#C/C(C(=O)OC)=C(/O)c1ccc(Oc2cccc(OC)c2)cc1/C(C)=C\C.CC=NC. The number of aliphatic hydroxyl groups excluding tert-OH is 1. The molecular formula is C26H29NO5. The number of benzene rings is 2. The topological polar surface area (TPSA) is 77.4 Å². The molecule has 168 valence electrons. The molecule has 6 heteroatoms. The van der Waals surface area contributed by atoms with Gasteiger partial charge in [0.2, 0.25) is 0 Å². The fraction of sp³-hybridized carbons (Fsp3) is 0.231. The molecule has 0 aliphatic heterocycles. The van der Waals surface area contributed by atoms with E-state index in [0.29, 0.717) is 28.4 Å². The average Bonchev–Trinajstić information content (AvgIpc) is 2.83. The summed E-state index contributed by atoms with van der Waals surface area (Å²) in [7, 11) is 4.54. The Morgan fingerprint density at radius 3 is 2.22 bits per heavy atom. The number of rotatable bonds is 6. The van der Waals surface area contributed by atoms with E-state index in [1.165, 1.54) is 7.11 Å². The van der Waals surface area contributed by atoms with Crippen LogP contribution in [0.25, 0.3) is 11.3 Å². The van der Waals surface area contributed by atoms with Gasteiger partial charge in [-0.15, -0.1) is 6.42 Å². The van der Waals surface area contributed by atoms with E-state index in [9.17, 15) is 9.90 Å². The van der Waals surface area contributed by atoms with Crippen molar-refractivity contribution in [3.63, 3.8) is 0 Å². The molecule has 0 amide bonds. The smallest absolute Gasteiger partial charge is 0.350 e. The first-order valence-corrected chi connectivity index (χ1v) is 9.81. The van der Waals surface area contributed by atoms with Gasteiger partial charge in [-0.1, -0.05) is 18.1 Å². The zero-order chi connectivity index (χ0) is 24.1. The second-order valence-electron chi connectivity index (χ2n) is 6.34. The van der Waals surface area contributed by atoms with E-state index in [0.717, 1.165) is 5.57 Å². The van der Waals surface area contributed by atoms with Gasteiger partial charge in [-0.25, -0.2) is 4.79 Å². The van der Waals surface area contributed by atoms with Gasteiger partial charge in [0.05, 0.1) is 14.2 Å². The highest BCUT2D eigenvalue weighted by atomic mass is 16.5. The zero-order valence-corrected chi connectivity index (χ0v) is 19.3. The minimum Gasteiger partial charge on any atom is -0.506 e. The average molecular weight is 436 g/mol. The van der Waals surface area contributed by atoms with E-state index >= 15 is 0 Å². The van der Waals surface area contributed by atoms with Gasteiger partial charge in [-0.2, -0.15) is 0 Å². The summed E-state index contributed by atoms with van der Waals surface area (Å²) in [5, 5.41) is 10.6. The van der Waals surface area contributed by atoms with Crippen LogP contribution in [-0.4, -0.2) is 38.6 Å². The number of nitrogens with zero attached hydrogens (tertiary/aromatic N) is 1. The Balaban J connectivity index is 0.00000118. The lowest BCUT2D eigenvalue weighted by Gasteiger charge is -2.14. The Hall–Kier alpha value is -3.98. The van der Waals surface area contributed by atoms with E-state index in [1.54, 1.807) is 44.6 Å². The van der Waals surface area contributed by atoms with Gasteiger partial charge in [-0.3, -0.25) is 0 Å². The van der Waals surface area contributed by atoms with Crippen molar-refractivity contribution < 1.29 is 24.1 Å². The fourth-order valence-corrected chi connectivity index (χ4v) is 2.54. The van der Waals surface area contributed by atoms with Crippen LogP contribution in [0.2, 0.25) is 0 Å². The number of aliphatic imine (C=N–C) groups is 1. The number of hydrogen-bond donors (Lipinski definition) is 1. The van der Waals surface area contributed by atoms with Crippen LogP contribution in [0.3, 0.4) is 0 Å². The van der Waals surface area contributed by atoms with Crippen molar-refractivity contribution in [3.05, 3.63) is 65.2 Å². The molecule has 0 aliphatic carbocycles. The summed E-state index contributed by atoms with van der Waals surface area (Å²) >= 11 is 0. The monoisotopic (exact) mass is 435 g/mol. The molecule has 0 unspecified atom stereocenters. The molecule has 2 aromatic carbocycles. The molecule has 0 bridgehead atoms. The van der Waals surface area contributed by atoms with Crippen molar-refractivity contribution in [1.82, 2.24) is 0 Å². The van der Waals surface area contributed by atoms with E-state index in [-0.39, 0.29) is 11.3 Å². The van der Waals surface area contributed by atoms with Crippen LogP contribution >= 0.6 is 0 Å². The summed E-state index contributed by atoms with van der Waals surface area (Å²) < 4.78 is 15.8. The Kier molecular flexibility index (Phi) is 10.9. The van der Waals surface area contributed by atoms with Crippen molar-refractivity contribution in [2.24, 2.45) is 4.99 Å². The number of hydrogen-bond acceptors (Lipinski definition) is 6. The number of terminal acetylenes is 1. The Labute approximate surface area is 189 Å². The number of allylic oxidation sites excluding steroid dienone is 2. The molecule has 0 saturated heterocycles. The minimum absolute atomic E-state index is 0.242. The van der Waals surface area contributed by atoms with Crippen LogP contribution in [0.5, 0.6) is 17.2 Å². The number of ether oxygens (including phenoxy) is 3. The van der Waals surface area contributed by atoms with Crippen LogP contribution < -0.4 is 9.47 Å². The van der Waals surface area contributed by atoms with E-state index in [2.05, 4.69) is 15.6 Å². The molecule has 1 N–H and O–H groups in total. The van der Waals surface area contributed by atoms with E-state index < -0.39 is 5.97 Å². The van der Waals surface area contributed by atoms with Crippen molar-refractivity contribution in [1.29, 1.82) is 0 Å². The fourth-order valence-electron chi connectivity index (χ4n) is 2.54.